The van der Waals surface area contributed by atoms with Gasteiger partial charge in [-0.3, -0.25) is 0 Å². The molecule has 0 nitrogen and oxygen atoms in total. The van der Waals surface area contributed by atoms with Gasteiger partial charge in [0.25, 0.3) is 0 Å². The van der Waals surface area contributed by atoms with Crippen LogP contribution in [0.3, 0.4) is 0 Å². The summed E-state index contributed by atoms with van der Waals surface area (Å²) >= 11 is 0. The Balaban J connectivity index is 1.42. The molecule has 9 rings (SSSR count). The van der Waals surface area contributed by atoms with Gasteiger partial charge in [0.15, 0.2) is 0 Å². The highest BCUT2D eigenvalue weighted by atomic mass is 14.5. The highest BCUT2D eigenvalue weighted by molar-refractivity contribution is 6.01. The Kier molecular flexibility index (Phi) is 6.43. The van der Waals surface area contributed by atoms with Gasteiger partial charge in [-0.2, -0.15) is 0 Å². The SMILES string of the molecule is CCC(C)(CC)c1ccc2c(c1)C(c1ccc3cc4ccccc4cc3c1)(c1ccc3cc4ccccc4cc3c1)c1cc(C)ccc1-2. The maximum atomic E-state index is 2.58. The van der Waals surface area contributed by atoms with Crippen LogP contribution in [0.5, 0.6) is 0 Å². The number of hydrogen-bond donors (Lipinski definition) is 0. The fraction of sp³-hybridized carbons (Fsp3) is 0.167. The molecule has 0 atom stereocenters. The van der Waals surface area contributed by atoms with E-state index in [0.717, 1.165) is 12.8 Å². The van der Waals surface area contributed by atoms with Crippen molar-refractivity contribution in [2.75, 3.05) is 0 Å². The number of aryl methyl sites for hydroxylation is 1. The zero-order chi connectivity index (χ0) is 32.6. The largest absolute Gasteiger partial charge is 0.0714 e. The van der Waals surface area contributed by atoms with E-state index in [2.05, 4.69) is 173 Å². The first kappa shape index (κ1) is 29.0. The molecular weight excluding hydrogens is 577 g/mol. The molecule has 0 saturated heterocycles. The van der Waals surface area contributed by atoms with Crippen LogP contribution < -0.4 is 0 Å². The van der Waals surface area contributed by atoms with E-state index < -0.39 is 5.41 Å². The second-order valence-electron chi connectivity index (χ2n) is 14.3. The van der Waals surface area contributed by atoms with E-state index in [-0.39, 0.29) is 5.41 Å². The lowest BCUT2D eigenvalue weighted by Crippen LogP contribution is -2.29. The van der Waals surface area contributed by atoms with E-state index in [1.807, 2.05) is 0 Å². The van der Waals surface area contributed by atoms with Crippen molar-refractivity contribution >= 4 is 43.1 Å². The van der Waals surface area contributed by atoms with E-state index >= 15 is 0 Å². The molecule has 8 aromatic rings. The fourth-order valence-electron chi connectivity index (χ4n) is 8.61. The summed E-state index contributed by atoms with van der Waals surface area (Å²) in [5.74, 6) is 0. The molecule has 0 unspecified atom stereocenters. The van der Waals surface area contributed by atoms with Crippen LogP contribution in [0, 0.1) is 6.92 Å². The van der Waals surface area contributed by atoms with Gasteiger partial charge in [0.2, 0.25) is 0 Å². The lowest BCUT2D eigenvalue weighted by atomic mass is 9.66. The maximum absolute atomic E-state index is 2.58. The van der Waals surface area contributed by atoms with Crippen LogP contribution in [0.2, 0.25) is 0 Å². The zero-order valence-corrected chi connectivity index (χ0v) is 28.3. The summed E-state index contributed by atoms with van der Waals surface area (Å²) in [4.78, 5) is 0. The Morgan fingerprint density at radius 1 is 0.438 bits per heavy atom. The monoisotopic (exact) mass is 616 g/mol. The molecule has 0 spiro atoms. The van der Waals surface area contributed by atoms with E-state index in [0.29, 0.717) is 0 Å². The summed E-state index contributed by atoms with van der Waals surface area (Å²) < 4.78 is 0. The summed E-state index contributed by atoms with van der Waals surface area (Å²) in [5, 5.41) is 10.2. The van der Waals surface area contributed by atoms with Crippen molar-refractivity contribution in [2.45, 2.75) is 51.4 Å². The van der Waals surface area contributed by atoms with Gasteiger partial charge in [0, 0.05) is 0 Å². The Labute approximate surface area is 283 Å². The van der Waals surface area contributed by atoms with Gasteiger partial charge in [0.1, 0.15) is 0 Å². The topological polar surface area (TPSA) is 0 Å². The highest BCUT2D eigenvalue weighted by Crippen LogP contribution is 2.58. The molecule has 0 saturated carbocycles. The lowest BCUT2D eigenvalue weighted by Gasteiger charge is -2.36. The van der Waals surface area contributed by atoms with Crippen LogP contribution in [-0.4, -0.2) is 0 Å². The van der Waals surface area contributed by atoms with Crippen molar-refractivity contribution in [1.29, 1.82) is 0 Å². The fourth-order valence-corrected chi connectivity index (χ4v) is 8.61. The van der Waals surface area contributed by atoms with Crippen molar-refractivity contribution in [2.24, 2.45) is 0 Å². The normalized spacial score (nSPS) is 13.8. The molecule has 0 amide bonds. The van der Waals surface area contributed by atoms with Crippen LogP contribution >= 0.6 is 0 Å². The summed E-state index contributed by atoms with van der Waals surface area (Å²) in [6.45, 7) is 9.35. The molecule has 0 N–H and O–H groups in total. The molecule has 0 fully saturated rings. The number of hydrogen-bond acceptors (Lipinski definition) is 0. The van der Waals surface area contributed by atoms with Gasteiger partial charge >= 0.3 is 0 Å². The van der Waals surface area contributed by atoms with Gasteiger partial charge in [-0.25, -0.2) is 0 Å². The second-order valence-corrected chi connectivity index (χ2v) is 14.3. The summed E-state index contributed by atoms with van der Waals surface area (Å²) in [6, 6.07) is 55.9. The van der Waals surface area contributed by atoms with E-state index in [1.165, 1.54) is 87.6 Å². The van der Waals surface area contributed by atoms with Gasteiger partial charge in [-0.05, 0) is 144 Å². The van der Waals surface area contributed by atoms with Gasteiger partial charge in [-0.1, -0.05) is 136 Å². The molecule has 0 heterocycles. The van der Waals surface area contributed by atoms with Crippen molar-refractivity contribution in [1.82, 2.24) is 0 Å². The van der Waals surface area contributed by atoms with Crippen LogP contribution in [0.25, 0.3) is 54.2 Å². The quantitative estimate of drug-likeness (QED) is 0.169. The standard InChI is InChI=1S/C48H40/c1-5-47(4,6-2)40-20-22-44-43-21-15-31(3)23-45(43)48(46(44)30-40,41-18-16-36-24-32-11-7-9-13-34(32)26-38(36)28-41)42-19-17-37-25-33-12-8-10-14-35(33)27-39(37)29-42/h7-30H,5-6H2,1-4H3. The van der Waals surface area contributed by atoms with Crippen LogP contribution in [0.15, 0.2) is 146 Å². The molecule has 0 aromatic heterocycles. The molecular formula is C48H40. The van der Waals surface area contributed by atoms with E-state index in [9.17, 15) is 0 Å². The zero-order valence-electron chi connectivity index (χ0n) is 28.3. The lowest BCUT2D eigenvalue weighted by molar-refractivity contribution is 0.438. The van der Waals surface area contributed by atoms with Crippen molar-refractivity contribution in [3.63, 3.8) is 0 Å². The van der Waals surface area contributed by atoms with Gasteiger partial charge in [-0.15, -0.1) is 0 Å². The minimum Gasteiger partial charge on any atom is -0.0645 e. The molecule has 8 aromatic carbocycles. The van der Waals surface area contributed by atoms with Crippen molar-refractivity contribution < 1.29 is 0 Å². The van der Waals surface area contributed by atoms with Gasteiger partial charge < -0.3 is 0 Å². The number of fused-ring (bicyclic) bond motifs is 7. The predicted octanol–water partition coefficient (Wildman–Crippen LogP) is 13.0. The number of rotatable bonds is 5. The summed E-state index contributed by atoms with van der Waals surface area (Å²) in [6.07, 6.45) is 2.21. The molecule has 0 aliphatic heterocycles. The molecule has 232 valence electrons. The van der Waals surface area contributed by atoms with Crippen LogP contribution in [0.1, 0.15) is 67.0 Å². The highest BCUT2D eigenvalue weighted by Gasteiger charge is 2.47. The smallest absolute Gasteiger partial charge is 0.0645 e. The molecule has 0 radical (unpaired) electrons. The van der Waals surface area contributed by atoms with Crippen LogP contribution in [-0.2, 0) is 10.8 Å². The van der Waals surface area contributed by atoms with E-state index in [1.54, 1.807) is 0 Å². The van der Waals surface area contributed by atoms with Crippen molar-refractivity contribution in [3.8, 4) is 11.1 Å². The Bertz CT molecular complexity index is 2440. The molecule has 1 aliphatic rings. The molecule has 0 heteroatoms. The molecule has 1 aliphatic carbocycles. The van der Waals surface area contributed by atoms with Crippen LogP contribution in [0.4, 0.5) is 0 Å². The Morgan fingerprint density at radius 2 is 0.875 bits per heavy atom. The number of benzene rings is 8. The summed E-state index contributed by atoms with van der Waals surface area (Å²) in [7, 11) is 0. The van der Waals surface area contributed by atoms with E-state index in [4.69, 9.17) is 0 Å². The third kappa shape index (κ3) is 4.15. The predicted molar refractivity (Wildman–Crippen MR) is 206 cm³/mol. The van der Waals surface area contributed by atoms with Crippen molar-refractivity contribution in [3.05, 3.63) is 179 Å². The molecule has 0 bridgehead atoms. The minimum absolute atomic E-state index is 0.107. The first-order valence-corrected chi connectivity index (χ1v) is 17.5. The third-order valence-electron chi connectivity index (χ3n) is 11.8. The minimum atomic E-state index is -0.477. The Hall–Kier alpha value is -5.20. The second kappa shape index (κ2) is 10.7. The summed E-state index contributed by atoms with van der Waals surface area (Å²) in [5.41, 5.74) is 10.5. The maximum Gasteiger partial charge on any atom is 0.0714 e. The third-order valence-corrected chi connectivity index (χ3v) is 11.8. The first-order chi connectivity index (χ1) is 23.4. The van der Waals surface area contributed by atoms with Gasteiger partial charge in [0.05, 0.1) is 5.41 Å². The average molecular weight is 617 g/mol. The Morgan fingerprint density at radius 3 is 1.38 bits per heavy atom. The average Bonchev–Trinajstić information content (AvgIpc) is 3.41. The first-order valence-electron chi connectivity index (χ1n) is 17.5. The molecule has 48 heavy (non-hydrogen) atoms.